The quantitative estimate of drug-likeness (QED) is 0.411. The number of carbonyl (C=O) groups is 1. The van der Waals surface area contributed by atoms with Crippen molar-refractivity contribution in [3.8, 4) is 0 Å². The molecule has 106 valence electrons. The molecule has 0 saturated carbocycles. The van der Waals surface area contributed by atoms with Crippen LogP contribution in [0.25, 0.3) is 0 Å². The SMILES string of the molecule is CCCCNC(=O)c1cc[n+](CCS(=O)(=O)O)nc1. The maximum Gasteiger partial charge on any atom is 0.271 e. The molecule has 0 bridgehead atoms. The van der Waals surface area contributed by atoms with Crippen LogP contribution in [-0.2, 0) is 16.7 Å². The molecule has 0 aromatic carbocycles. The summed E-state index contributed by atoms with van der Waals surface area (Å²) in [7, 11) is -4.00. The summed E-state index contributed by atoms with van der Waals surface area (Å²) < 4.78 is 31.1. The normalized spacial score (nSPS) is 11.3. The first kappa shape index (κ1) is 15.5. The summed E-state index contributed by atoms with van der Waals surface area (Å²) in [6.07, 6.45) is 4.79. The summed E-state index contributed by atoms with van der Waals surface area (Å²) in [6.45, 7) is 2.69. The number of amides is 1. The Kier molecular flexibility index (Phi) is 5.84. The number of nitrogens with one attached hydrogen (secondary N) is 1. The Bertz CT molecular complexity index is 513. The predicted octanol–water partition coefficient (Wildman–Crippen LogP) is -0.213. The van der Waals surface area contributed by atoms with Crippen molar-refractivity contribution in [1.82, 2.24) is 10.4 Å². The number of aryl methyl sites for hydroxylation is 1. The summed E-state index contributed by atoms with van der Waals surface area (Å²) in [5, 5.41) is 6.66. The average molecular weight is 288 g/mol. The highest BCUT2D eigenvalue weighted by Gasteiger charge is 2.12. The minimum Gasteiger partial charge on any atom is -0.352 e. The molecule has 1 aromatic heterocycles. The average Bonchev–Trinajstić information content (AvgIpc) is 2.36. The van der Waals surface area contributed by atoms with E-state index in [0.29, 0.717) is 12.1 Å². The third kappa shape index (κ3) is 6.25. The molecule has 0 aliphatic rings. The van der Waals surface area contributed by atoms with E-state index in [-0.39, 0.29) is 12.5 Å². The highest BCUT2D eigenvalue weighted by atomic mass is 32.2. The zero-order valence-electron chi connectivity index (χ0n) is 10.7. The first-order valence-corrected chi connectivity index (χ1v) is 7.62. The van der Waals surface area contributed by atoms with Crippen LogP contribution in [0.3, 0.4) is 0 Å². The number of aromatic nitrogens is 2. The smallest absolute Gasteiger partial charge is 0.271 e. The van der Waals surface area contributed by atoms with Gasteiger partial charge in [-0.3, -0.25) is 9.35 Å². The molecule has 1 rings (SSSR count). The number of nitrogens with zero attached hydrogens (tertiary/aromatic N) is 2. The molecule has 1 aromatic rings. The lowest BCUT2D eigenvalue weighted by atomic mass is 10.3. The van der Waals surface area contributed by atoms with E-state index in [0.717, 1.165) is 12.8 Å². The number of hydrogen-bond acceptors (Lipinski definition) is 4. The molecule has 2 N–H and O–H groups in total. The Labute approximate surface area is 112 Å². The highest BCUT2D eigenvalue weighted by molar-refractivity contribution is 7.85. The fourth-order valence-electron chi connectivity index (χ4n) is 1.34. The van der Waals surface area contributed by atoms with Crippen molar-refractivity contribution in [2.75, 3.05) is 12.3 Å². The lowest BCUT2D eigenvalue weighted by molar-refractivity contribution is -0.750. The van der Waals surface area contributed by atoms with Crippen LogP contribution in [0.5, 0.6) is 0 Å². The molecule has 0 radical (unpaired) electrons. The van der Waals surface area contributed by atoms with E-state index in [1.165, 1.54) is 17.1 Å². The summed E-state index contributed by atoms with van der Waals surface area (Å²) in [4.78, 5) is 11.7. The second-order valence-corrected chi connectivity index (χ2v) is 5.65. The predicted molar refractivity (Wildman–Crippen MR) is 68.1 cm³/mol. The summed E-state index contributed by atoms with van der Waals surface area (Å²) >= 11 is 0. The van der Waals surface area contributed by atoms with E-state index in [1.54, 1.807) is 6.07 Å². The van der Waals surface area contributed by atoms with Gasteiger partial charge in [0.2, 0.25) is 0 Å². The van der Waals surface area contributed by atoms with Gasteiger partial charge in [0.05, 0.1) is 5.56 Å². The molecule has 0 spiro atoms. The van der Waals surface area contributed by atoms with Gasteiger partial charge >= 0.3 is 0 Å². The maximum absolute atomic E-state index is 11.7. The Morgan fingerprint density at radius 2 is 2.26 bits per heavy atom. The third-order valence-corrected chi connectivity index (χ3v) is 3.13. The number of hydrogen-bond donors (Lipinski definition) is 2. The van der Waals surface area contributed by atoms with Crippen LogP contribution >= 0.6 is 0 Å². The van der Waals surface area contributed by atoms with Gasteiger partial charge < -0.3 is 5.32 Å². The molecule has 0 atom stereocenters. The molecular weight excluding hydrogens is 270 g/mol. The second-order valence-electron chi connectivity index (χ2n) is 4.07. The fraction of sp³-hybridized carbons (Fsp3) is 0.545. The molecule has 19 heavy (non-hydrogen) atoms. The van der Waals surface area contributed by atoms with E-state index in [2.05, 4.69) is 10.4 Å². The molecule has 7 nitrogen and oxygen atoms in total. The van der Waals surface area contributed by atoms with E-state index in [1.807, 2.05) is 6.92 Å². The standard InChI is InChI=1S/C11H17N3O4S/c1-2-3-5-12-11(15)10-4-6-14(13-9-10)7-8-19(16,17)18/h4,6,9H,2-3,5,7-8H2,1H3,(H-,12,15,16,17,18)/p+1. The Morgan fingerprint density at radius 1 is 1.53 bits per heavy atom. The molecule has 1 heterocycles. The van der Waals surface area contributed by atoms with Gasteiger partial charge in [0.1, 0.15) is 11.9 Å². The Hall–Kier alpha value is -1.54. The number of rotatable bonds is 7. The van der Waals surface area contributed by atoms with E-state index in [4.69, 9.17) is 4.55 Å². The van der Waals surface area contributed by atoms with E-state index >= 15 is 0 Å². The molecule has 8 heteroatoms. The maximum atomic E-state index is 11.7. The largest absolute Gasteiger partial charge is 0.352 e. The van der Waals surface area contributed by atoms with Gasteiger partial charge in [0.15, 0.2) is 12.7 Å². The summed E-state index contributed by atoms with van der Waals surface area (Å²) in [5.41, 5.74) is 0.416. The van der Waals surface area contributed by atoms with Crippen LogP contribution < -0.4 is 10.00 Å². The van der Waals surface area contributed by atoms with Gasteiger partial charge in [-0.25, -0.2) is 0 Å². The van der Waals surface area contributed by atoms with Gasteiger partial charge in [-0.2, -0.15) is 8.42 Å². The van der Waals surface area contributed by atoms with Gasteiger partial charge in [0.25, 0.3) is 16.0 Å². The van der Waals surface area contributed by atoms with Crippen LogP contribution in [-0.4, -0.2) is 36.3 Å². The van der Waals surface area contributed by atoms with E-state index < -0.39 is 15.9 Å². The zero-order valence-corrected chi connectivity index (χ0v) is 11.6. The second kappa shape index (κ2) is 7.15. The minimum atomic E-state index is -4.00. The van der Waals surface area contributed by atoms with Gasteiger partial charge in [-0.1, -0.05) is 18.0 Å². The van der Waals surface area contributed by atoms with Crippen LogP contribution in [0.4, 0.5) is 0 Å². The highest BCUT2D eigenvalue weighted by Crippen LogP contribution is 1.94. The van der Waals surface area contributed by atoms with Crippen LogP contribution in [0.2, 0.25) is 0 Å². The molecule has 0 saturated heterocycles. The van der Waals surface area contributed by atoms with Crippen molar-refractivity contribution in [1.29, 1.82) is 0 Å². The molecule has 0 fully saturated rings. The lowest BCUT2D eigenvalue weighted by Crippen LogP contribution is -2.41. The van der Waals surface area contributed by atoms with Crippen molar-refractivity contribution in [3.05, 3.63) is 24.0 Å². The van der Waals surface area contributed by atoms with Gasteiger partial charge in [-0.05, 0) is 11.5 Å². The van der Waals surface area contributed by atoms with Crippen LogP contribution in [0.15, 0.2) is 18.5 Å². The first-order valence-electron chi connectivity index (χ1n) is 6.01. The summed E-state index contributed by atoms with van der Waals surface area (Å²) in [6, 6.07) is 1.55. The molecular formula is C11H18N3O4S+. The van der Waals surface area contributed by atoms with Crippen molar-refractivity contribution in [2.24, 2.45) is 0 Å². The molecule has 0 aliphatic heterocycles. The number of carbonyl (C=O) groups excluding carboxylic acids is 1. The lowest BCUT2D eigenvalue weighted by Gasteiger charge is -2.02. The van der Waals surface area contributed by atoms with E-state index in [9.17, 15) is 13.2 Å². The summed E-state index contributed by atoms with van der Waals surface area (Å²) in [5.74, 6) is -0.616. The van der Waals surface area contributed by atoms with Crippen molar-refractivity contribution in [2.45, 2.75) is 26.3 Å². The van der Waals surface area contributed by atoms with Crippen LogP contribution in [0, 0.1) is 0 Å². The third-order valence-electron chi connectivity index (χ3n) is 2.43. The topological polar surface area (TPSA) is 100 Å². The van der Waals surface area contributed by atoms with Gasteiger partial charge in [-0.15, -0.1) is 0 Å². The first-order chi connectivity index (χ1) is 8.92. The number of unbranched alkanes of at least 4 members (excludes halogenated alkanes) is 1. The zero-order chi connectivity index (χ0) is 14.3. The monoisotopic (exact) mass is 288 g/mol. The Morgan fingerprint density at radius 3 is 2.79 bits per heavy atom. The Balaban J connectivity index is 2.53. The van der Waals surface area contributed by atoms with Crippen molar-refractivity contribution < 1.29 is 22.4 Å². The van der Waals surface area contributed by atoms with Crippen LogP contribution in [0.1, 0.15) is 30.1 Å². The molecule has 0 aliphatic carbocycles. The fourth-order valence-corrected chi connectivity index (χ4v) is 1.76. The van der Waals surface area contributed by atoms with Crippen molar-refractivity contribution in [3.63, 3.8) is 0 Å². The van der Waals surface area contributed by atoms with Crippen molar-refractivity contribution >= 4 is 16.0 Å². The minimum absolute atomic E-state index is 0.0383. The van der Waals surface area contributed by atoms with Gasteiger partial charge in [0, 0.05) is 12.6 Å². The molecule has 0 unspecified atom stereocenters. The molecule has 1 amide bonds.